The van der Waals surface area contributed by atoms with E-state index in [9.17, 15) is 0 Å². The second kappa shape index (κ2) is 5.13. The molecule has 0 heterocycles. The predicted molar refractivity (Wildman–Crippen MR) is 62.4 cm³/mol. The summed E-state index contributed by atoms with van der Waals surface area (Å²) in [6.45, 7) is 9.07. The molecule has 0 amide bonds. The molecule has 0 atom stereocenters. The van der Waals surface area contributed by atoms with E-state index in [0.717, 1.165) is 6.54 Å². The summed E-state index contributed by atoms with van der Waals surface area (Å²) in [6, 6.07) is 0.635. The number of hydrogen-bond acceptors (Lipinski definition) is 2. The molecule has 0 aromatic rings. The lowest BCUT2D eigenvalue weighted by Gasteiger charge is -2.34. The van der Waals surface area contributed by atoms with Gasteiger partial charge in [-0.3, -0.25) is 4.90 Å². The Morgan fingerprint density at radius 3 is 2.29 bits per heavy atom. The van der Waals surface area contributed by atoms with Gasteiger partial charge in [-0.15, -0.1) is 0 Å². The Bertz CT molecular complexity index is 160. The van der Waals surface area contributed by atoms with Gasteiger partial charge in [0.15, 0.2) is 0 Å². The van der Waals surface area contributed by atoms with E-state index in [1.807, 2.05) is 0 Å². The van der Waals surface area contributed by atoms with Gasteiger partial charge < -0.3 is 5.73 Å². The molecule has 1 fully saturated rings. The predicted octanol–water partition coefficient (Wildman–Crippen LogP) is 2.38. The number of nitrogens with zero attached hydrogens (tertiary/aromatic N) is 1. The first-order chi connectivity index (χ1) is 6.57. The van der Waals surface area contributed by atoms with Crippen molar-refractivity contribution in [3.63, 3.8) is 0 Å². The van der Waals surface area contributed by atoms with Gasteiger partial charge in [-0.05, 0) is 39.7 Å². The lowest BCUT2D eigenvalue weighted by Crippen LogP contribution is -2.50. The van der Waals surface area contributed by atoms with Crippen LogP contribution >= 0.6 is 0 Å². The van der Waals surface area contributed by atoms with E-state index in [4.69, 9.17) is 5.73 Å². The fourth-order valence-corrected chi connectivity index (χ4v) is 2.45. The van der Waals surface area contributed by atoms with Crippen LogP contribution in [0.5, 0.6) is 0 Å². The molecule has 1 aliphatic carbocycles. The highest BCUT2D eigenvalue weighted by Gasteiger charge is 2.31. The van der Waals surface area contributed by atoms with Crippen molar-refractivity contribution in [2.45, 2.75) is 64.5 Å². The molecule has 0 spiro atoms. The van der Waals surface area contributed by atoms with E-state index in [1.54, 1.807) is 0 Å². The van der Waals surface area contributed by atoms with Crippen LogP contribution in [0.25, 0.3) is 0 Å². The molecule has 0 radical (unpaired) electrons. The van der Waals surface area contributed by atoms with Crippen LogP contribution in [0.4, 0.5) is 0 Å². The van der Waals surface area contributed by atoms with Crippen LogP contribution < -0.4 is 5.73 Å². The summed E-state index contributed by atoms with van der Waals surface area (Å²) in [4.78, 5) is 2.53. The van der Waals surface area contributed by atoms with E-state index < -0.39 is 0 Å². The Balaban J connectivity index is 2.45. The molecule has 1 aliphatic rings. The molecule has 1 saturated carbocycles. The van der Waals surface area contributed by atoms with Crippen LogP contribution in [0.3, 0.4) is 0 Å². The van der Waals surface area contributed by atoms with E-state index in [2.05, 4.69) is 25.7 Å². The number of nitrogens with two attached hydrogens (primary N) is 1. The van der Waals surface area contributed by atoms with Gasteiger partial charge in [-0.1, -0.05) is 19.8 Å². The van der Waals surface area contributed by atoms with Crippen molar-refractivity contribution in [2.75, 3.05) is 13.1 Å². The van der Waals surface area contributed by atoms with E-state index in [1.165, 1.54) is 38.6 Å². The van der Waals surface area contributed by atoms with E-state index >= 15 is 0 Å². The molecule has 14 heavy (non-hydrogen) atoms. The summed E-state index contributed by atoms with van der Waals surface area (Å²) in [7, 11) is 0. The van der Waals surface area contributed by atoms with Crippen LogP contribution in [0.15, 0.2) is 0 Å². The molecular formula is C12H26N2. The van der Waals surface area contributed by atoms with Crippen molar-refractivity contribution in [1.82, 2.24) is 4.90 Å². The van der Waals surface area contributed by atoms with Gasteiger partial charge in [-0.2, -0.15) is 0 Å². The molecule has 1 rings (SSSR count). The SMILES string of the molecule is CCCN(CC1(N)CCCC1)C(C)C. The maximum absolute atomic E-state index is 6.39. The van der Waals surface area contributed by atoms with E-state index in [0.29, 0.717) is 6.04 Å². The largest absolute Gasteiger partial charge is 0.324 e. The lowest BCUT2D eigenvalue weighted by atomic mass is 9.97. The molecule has 0 saturated heterocycles. The molecule has 0 aromatic carbocycles. The maximum Gasteiger partial charge on any atom is 0.0283 e. The molecule has 2 nitrogen and oxygen atoms in total. The lowest BCUT2D eigenvalue weighted by molar-refractivity contribution is 0.171. The Labute approximate surface area is 88.8 Å². The van der Waals surface area contributed by atoms with Gasteiger partial charge >= 0.3 is 0 Å². The smallest absolute Gasteiger partial charge is 0.0283 e. The highest BCUT2D eigenvalue weighted by atomic mass is 15.2. The first-order valence-electron chi connectivity index (χ1n) is 6.10. The van der Waals surface area contributed by atoms with Gasteiger partial charge in [0, 0.05) is 18.1 Å². The molecule has 0 bridgehead atoms. The maximum atomic E-state index is 6.39. The third kappa shape index (κ3) is 3.25. The number of hydrogen-bond donors (Lipinski definition) is 1. The highest BCUT2D eigenvalue weighted by molar-refractivity contribution is 4.92. The standard InChI is InChI=1S/C12H26N2/c1-4-9-14(11(2)3)10-12(13)7-5-6-8-12/h11H,4-10,13H2,1-3H3. The molecular weight excluding hydrogens is 172 g/mol. The molecule has 2 N–H and O–H groups in total. The molecule has 0 aromatic heterocycles. The molecule has 0 unspecified atom stereocenters. The number of rotatable bonds is 5. The third-order valence-electron chi connectivity index (χ3n) is 3.36. The first-order valence-corrected chi connectivity index (χ1v) is 6.10. The summed E-state index contributed by atoms with van der Waals surface area (Å²) >= 11 is 0. The zero-order valence-electron chi connectivity index (χ0n) is 10.1. The Kier molecular flexibility index (Phi) is 4.39. The van der Waals surface area contributed by atoms with Gasteiger partial charge in [0.05, 0.1) is 0 Å². The van der Waals surface area contributed by atoms with Crippen LogP contribution in [0.1, 0.15) is 52.9 Å². The third-order valence-corrected chi connectivity index (χ3v) is 3.36. The van der Waals surface area contributed by atoms with Crippen molar-refractivity contribution >= 4 is 0 Å². The average molecular weight is 198 g/mol. The Morgan fingerprint density at radius 2 is 1.86 bits per heavy atom. The fraction of sp³-hybridized carbons (Fsp3) is 1.00. The van der Waals surface area contributed by atoms with Crippen molar-refractivity contribution in [2.24, 2.45) is 5.73 Å². The zero-order valence-corrected chi connectivity index (χ0v) is 10.1. The van der Waals surface area contributed by atoms with Gasteiger partial charge in [0.25, 0.3) is 0 Å². The normalized spacial score (nSPS) is 21.0. The van der Waals surface area contributed by atoms with Crippen LogP contribution in [-0.4, -0.2) is 29.6 Å². The summed E-state index contributed by atoms with van der Waals surface area (Å²) in [6.07, 6.45) is 6.33. The van der Waals surface area contributed by atoms with Crippen LogP contribution in [0.2, 0.25) is 0 Å². The van der Waals surface area contributed by atoms with Crippen molar-refractivity contribution in [3.8, 4) is 0 Å². The van der Waals surface area contributed by atoms with Gasteiger partial charge in [0.1, 0.15) is 0 Å². The quantitative estimate of drug-likeness (QED) is 0.735. The molecule has 0 aliphatic heterocycles. The summed E-state index contributed by atoms with van der Waals surface area (Å²) in [5.74, 6) is 0. The Hall–Kier alpha value is -0.0800. The van der Waals surface area contributed by atoms with E-state index in [-0.39, 0.29) is 5.54 Å². The van der Waals surface area contributed by atoms with Gasteiger partial charge in [0.2, 0.25) is 0 Å². The van der Waals surface area contributed by atoms with Gasteiger partial charge in [-0.25, -0.2) is 0 Å². The summed E-state index contributed by atoms with van der Waals surface area (Å²) < 4.78 is 0. The highest BCUT2D eigenvalue weighted by Crippen LogP contribution is 2.28. The summed E-state index contributed by atoms with van der Waals surface area (Å²) in [5.41, 5.74) is 6.51. The monoisotopic (exact) mass is 198 g/mol. The van der Waals surface area contributed by atoms with Crippen molar-refractivity contribution in [1.29, 1.82) is 0 Å². The second-order valence-corrected chi connectivity index (χ2v) is 5.13. The van der Waals surface area contributed by atoms with Crippen molar-refractivity contribution in [3.05, 3.63) is 0 Å². The topological polar surface area (TPSA) is 29.3 Å². The average Bonchev–Trinajstić information content (AvgIpc) is 2.51. The Morgan fingerprint density at radius 1 is 1.29 bits per heavy atom. The first kappa shape index (κ1) is 12.0. The summed E-state index contributed by atoms with van der Waals surface area (Å²) in [5, 5.41) is 0. The fourth-order valence-electron chi connectivity index (χ4n) is 2.45. The molecule has 84 valence electrons. The molecule has 2 heteroatoms. The minimum Gasteiger partial charge on any atom is -0.324 e. The van der Waals surface area contributed by atoms with Crippen molar-refractivity contribution < 1.29 is 0 Å². The van der Waals surface area contributed by atoms with Crippen LogP contribution in [-0.2, 0) is 0 Å². The minimum atomic E-state index is 0.124. The van der Waals surface area contributed by atoms with Crippen LogP contribution in [0, 0.1) is 0 Å². The minimum absolute atomic E-state index is 0.124. The second-order valence-electron chi connectivity index (χ2n) is 5.13. The zero-order chi connectivity index (χ0) is 10.6.